The highest BCUT2D eigenvalue weighted by Gasteiger charge is 2.05. The van der Waals surface area contributed by atoms with Crippen LogP contribution in [0.2, 0.25) is 0 Å². The van der Waals surface area contributed by atoms with Gasteiger partial charge in [-0.2, -0.15) is 0 Å². The van der Waals surface area contributed by atoms with Gasteiger partial charge < -0.3 is 16.2 Å². The molecular formula is C12H18FIN2O. The SMILES string of the molecule is CC(CO)CCCNc1cc(F)c(I)cc1N. The second-order valence-corrected chi connectivity index (χ2v) is 5.37. The summed E-state index contributed by atoms with van der Waals surface area (Å²) in [6.07, 6.45) is 1.87. The van der Waals surface area contributed by atoms with Gasteiger partial charge in [-0.1, -0.05) is 6.92 Å². The zero-order chi connectivity index (χ0) is 12.8. The van der Waals surface area contributed by atoms with Gasteiger partial charge in [-0.15, -0.1) is 0 Å². The minimum Gasteiger partial charge on any atom is -0.397 e. The minimum atomic E-state index is -0.258. The molecule has 1 rings (SSSR count). The van der Waals surface area contributed by atoms with Crippen LogP contribution < -0.4 is 11.1 Å². The maximum absolute atomic E-state index is 13.3. The zero-order valence-corrected chi connectivity index (χ0v) is 12.0. The fraction of sp³-hybridized carbons (Fsp3) is 0.500. The first-order valence-electron chi connectivity index (χ1n) is 5.63. The number of hydrogen-bond donors (Lipinski definition) is 3. The lowest BCUT2D eigenvalue weighted by Crippen LogP contribution is -2.08. The van der Waals surface area contributed by atoms with Crippen molar-refractivity contribution in [3.63, 3.8) is 0 Å². The molecule has 0 heterocycles. The number of aliphatic hydroxyl groups excluding tert-OH is 1. The van der Waals surface area contributed by atoms with Crippen molar-refractivity contribution in [3.05, 3.63) is 21.5 Å². The lowest BCUT2D eigenvalue weighted by atomic mass is 10.1. The maximum atomic E-state index is 13.3. The first-order valence-corrected chi connectivity index (χ1v) is 6.71. The molecule has 0 aliphatic carbocycles. The fourth-order valence-electron chi connectivity index (χ4n) is 1.48. The van der Waals surface area contributed by atoms with Gasteiger partial charge >= 0.3 is 0 Å². The fourth-order valence-corrected chi connectivity index (χ4v) is 1.97. The first-order chi connectivity index (χ1) is 8.04. The van der Waals surface area contributed by atoms with Gasteiger partial charge in [0, 0.05) is 19.2 Å². The van der Waals surface area contributed by atoms with Crippen LogP contribution in [-0.4, -0.2) is 18.3 Å². The van der Waals surface area contributed by atoms with Crippen LogP contribution in [0.4, 0.5) is 15.8 Å². The van der Waals surface area contributed by atoms with Crippen LogP contribution >= 0.6 is 22.6 Å². The highest BCUT2D eigenvalue weighted by molar-refractivity contribution is 14.1. The summed E-state index contributed by atoms with van der Waals surface area (Å²) in [4.78, 5) is 0. The molecule has 4 N–H and O–H groups in total. The Bertz CT molecular complexity index is 374. The number of rotatable bonds is 6. The molecule has 1 unspecified atom stereocenters. The second-order valence-electron chi connectivity index (χ2n) is 4.21. The highest BCUT2D eigenvalue weighted by atomic mass is 127. The van der Waals surface area contributed by atoms with E-state index in [1.165, 1.54) is 6.07 Å². The van der Waals surface area contributed by atoms with Crippen LogP contribution in [0.15, 0.2) is 12.1 Å². The van der Waals surface area contributed by atoms with E-state index in [1.807, 2.05) is 29.5 Å². The molecule has 1 atom stereocenters. The van der Waals surface area contributed by atoms with Crippen molar-refractivity contribution in [2.45, 2.75) is 19.8 Å². The normalized spacial score (nSPS) is 12.5. The molecule has 0 aliphatic rings. The van der Waals surface area contributed by atoms with E-state index in [2.05, 4.69) is 5.32 Å². The van der Waals surface area contributed by atoms with E-state index in [4.69, 9.17) is 10.8 Å². The molecule has 0 bridgehead atoms. The summed E-state index contributed by atoms with van der Waals surface area (Å²) in [6.45, 7) is 2.94. The number of aliphatic hydroxyl groups is 1. The van der Waals surface area contributed by atoms with E-state index in [1.54, 1.807) is 6.07 Å². The van der Waals surface area contributed by atoms with Crippen LogP contribution in [-0.2, 0) is 0 Å². The van der Waals surface area contributed by atoms with Crippen LogP contribution in [0.25, 0.3) is 0 Å². The molecule has 3 nitrogen and oxygen atoms in total. The standard InChI is InChI=1S/C12H18FIN2O/c1-8(7-17)3-2-4-16-12-5-9(13)10(14)6-11(12)15/h5-6,8,16-17H,2-4,7,15H2,1H3. The highest BCUT2D eigenvalue weighted by Crippen LogP contribution is 2.24. The van der Waals surface area contributed by atoms with Crippen molar-refractivity contribution >= 4 is 34.0 Å². The Morgan fingerprint density at radius 3 is 2.88 bits per heavy atom. The summed E-state index contributed by atoms with van der Waals surface area (Å²) in [5.41, 5.74) is 6.98. The lowest BCUT2D eigenvalue weighted by molar-refractivity contribution is 0.229. The molecule has 1 aromatic carbocycles. The van der Waals surface area contributed by atoms with Crippen molar-refractivity contribution in [2.24, 2.45) is 5.92 Å². The summed E-state index contributed by atoms with van der Waals surface area (Å²) < 4.78 is 13.8. The molecule has 0 radical (unpaired) electrons. The molecule has 0 aromatic heterocycles. The van der Waals surface area contributed by atoms with E-state index in [0.29, 0.717) is 20.9 Å². The van der Waals surface area contributed by atoms with Crippen molar-refractivity contribution < 1.29 is 9.50 Å². The number of nitrogens with one attached hydrogen (secondary N) is 1. The monoisotopic (exact) mass is 352 g/mol. The molecular weight excluding hydrogens is 334 g/mol. The zero-order valence-electron chi connectivity index (χ0n) is 9.84. The molecule has 96 valence electrons. The van der Waals surface area contributed by atoms with Gasteiger partial charge in [0.05, 0.1) is 14.9 Å². The minimum absolute atomic E-state index is 0.209. The third-order valence-corrected chi connectivity index (χ3v) is 3.42. The molecule has 1 aromatic rings. The number of anilines is 2. The molecule has 0 aliphatic heterocycles. The summed E-state index contributed by atoms with van der Waals surface area (Å²) in [6, 6.07) is 3.04. The Kier molecular flexibility index (Phi) is 5.97. The molecule has 0 saturated carbocycles. The maximum Gasteiger partial charge on any atom is 0.138 e. The molecule has 0 spiro atoms. The topological polar surface area (TPSA) is 58.3 Å². The molecule has 0 amide bonds. The quantitative estimate of drug-likeness (QED) is 0.419. The van der Waals surface area contributed by atoms with Crippen LogP contribution in [0.5, 0.6) is 0 Å². The summed E-state index contributed by atoms with van der Waals surface area (Å²) >= 11 is 1.91. The van der Waals surface area contributed by atoms with Gasteiger partial charge in [0.1, 0.15) is 5.82 Å². The van der Waals surface area contributed by atoms with E-state index in [-0.39, 0.29) is 12.4 Å². The first kappa shape index (κ1) is 14.5. The summed E-state index contributed by atoms with van der Waals surface area (Å²) in [5, 5.41) is 12.0. The van der Waals surface area contributed by atoms with Crippen molar-refractivity contribution in [1.82, 2.24) is 0 Å². The average Bonchev–Trinajstić information content (AvgIpc) is 2.30. The van der Waals surface area contributed by atoms with Gasteiger partial charge in [0.25, 0.3) is 0 Å². The summed E-state index contributed by atoms with van der Waals surface area (Å²) in [7, 11) is 0. The molecule has 17 heavy (non-hydrogen) atoms. The van der Waals surface area contributed by atoms with Gasteiger partial charge in [-0.3, -0.25) is 0 Å². The predicted molar refractivity (Wildman–Crippen MR) is 77.5 cm³/mol. The number of nitrogen functional groups attached to an aromatic ring is 1. The third kappa shape index (κ3) is 4.67. The largest absolute Gasteiger partial charge is 0.397 e. The number of halogens is 2. The lowest BCUT2D eigenvalue weighted by Gasteiger charge is -2.11. The number of benzene rings is 1. The van der Waals surface area contributed by atoms with Gasteiger partial charge in [-0.05, 0) is 47.4 Å². The van der Waals surface area contributed by atoms with E-state index >= 15 is 0 Å². The van der Waals surface area contributed by atoms with Crippen LogP contribution in [0.3, 0.4) is 0 Å². The van der Waals surface area contributed by atoms with Gasteiger partial charge in [0.2, 0.25) is 0 Å². The van der Waals surface area contributed by atoms with E-state index in [0.717, 1.165) is 19.4 Å². The molecule has 0 saturated heterocycles. The Balaban J connectivity index is 2.44. The van der Waals surface area contributed by atoms with Crippen molar-refractivity contribution in [1.29, 1.82) is 0 Å². The Morgan fingerprint density at radius 1 is 1.53 bits per heavy atom. The number of nitrogens with two attached hydrogens (primary N) is 1. The summed E-state index contributed by atoms with van der Waals surface area (Å²) in [5.74, 6) is 0.0497. The van der Waals surface area contributed by atoms with Crippen molar-refractivity contribution in [2.75, 3.05) is 24.2 Å². The van der Waals surface area contributed by atoms with Gasteiger partial charge in [-0.25, -0.2) is 4.39 Å². The Morgan fingerprint density at radius 2 is 2.24 bits per heavy atom. The van der Waals surface area contributed by atoms with Crippen molar-refractivity contribution in [3.8, 4) is 0 Å². The second kappa shape index (κ2) is 7.00. The Labute approximate surface area is 115 Å². The molecule has 0 fully saturated rings. The van der Waals surface area contributed by atoms with E-state index < -0.39 is 0 Å². The van der Waals surface area contributed by atoms with Crippen LogP contribution in [0, 0.1) is 15.3 Å². The van der Waals surface area contributed by atoms with E-state index in [9.17, 15) is 4.39 Å². The van der Waals surface area contributed by atoms with Crippen LogP contribution in [0.1, 0.15) is 19.8 Å². The average molecular weight is 352 g/mol. The van der Waals surface area contributed by atoms with Gasteiger partial charge in [0.15, 0.2) is 0 Å². The third-order valence-electron chi connectivity index (χ3n) is 2.59. The predicted octanol–water partition coefficient (Wildman–Crippen LogP) is 2.83. The number of hydrogen-bond acceptors (Lipinski definition) is 3. The molecule has 5 heteroatoms. The Hall–Kier alpha value is -0.560. The smallest absolute Gasteiger partial charge is 0.138 e.